The molecule has 10 nitrogen and oxygen atoms in total. The largest absolute Gasteiger partial charge is 0.348 e. The summed E-state index contributed by atoms with van der Waals surface area (Å²) >= 11 is 0. The van der Waals surface area contributed by atoms with Gasteiger partial charge in [0.15, 0.2) is 0 Å². The highest BCUT2D eigenvalue weighted by Crippen LogP contribution is 2.20. The van der Waals surface area contributed by atoms with E-state index in [0.717, 1.165) is 43.4 Å². The summed E-state index contributed by atoms with van der Waals surface area (Å²) in [6, 6.07) is 11.8. The number of aromatic nitrogens is 3. The van der Waals surface area contributed by atoms with E-state index < -0.39 is 0 Å². The number of carbonyl (C=O) groups is 2. The third-order valence-corrected chi connectivity index (χ3v) is 7.89. The van der Waals surface area contributed by atoms with Crippen LogP contribution >= 0.6 is 0 Å². The predicted molar refractivity (Wildman–Crippen MR) is 169 cm³/mol. The first-order valence-corrected chi connectivity index (χ1v) is 14.8. The number of nitrogens with zero attached hydrogens (tertiary/aromatic N) is 6. The van der Waals surface area contributed by atoms with E-state index in [-0.39, 0.29) is 30.9 Å². The first kappa shape index (κ1) is 30.9. The van der Waals surface area contributed by atoms with Crippen molar-refractivity contribution in [1.82, 2.24) is 29.2 Å². The quantitative estimate of drug-likeness (QED) is 0.327. The minimum atomic E-state index is -0.0751. The summed E-state index contributed by atoms with van der Waals surface area (Å²) in [5.74, 6) is 0.555. The van der Waals surface area contributed by atoms with Gasteiger partial charge in [-0.25, -0.2) is 4.98 Å². The average molecular weight is 576 g/mol. The Labute approximate surface area is 249 Å². The molecule has 1 N–H and O–H groups in total. The van der Waals surface area contributed by atoms with E-state index in [9.17, 15) is 14.4 Å². The Kier molecular flexibility index (Phi) is 10.5. The number of rotatable bonds is 12. The third kappa shape index (κ3) is 7.82. The van der Waals surface area contributed by atoms with E-state index in [2.05, 4.69) is 58.0 Å². The van der Waals surface area contributed by atoms with Gasteiger partial charge in [0.25, 0.3) is 5.56 Å². The fraction of sp³-hybridized carbons (Fsp3) is 0.469. The molecule has 0 spiro atoms. The number of benzene rings is 1. The number of fused-ring (bicyclic) bond motifs is 1. The van der Waals surface area contributed by atoms with E-state index in [1.165, 1.54) is 11.6 Å². The van der Waals surface area contributed by atoms with E-state index in [4.69, 9.17) is 0 Å². The van der Waals surface area contributed by atoms with E-state index in [0.29, 0.717) is 37.8 Å². The number of amides is 2. The minimum absolute atomic E-state index is 0. The van der Waals surface area contributed by atoms with Crippen LogP contribution in [0.25, 0.3) is 11.0 Å². The van der Waals surface area contributed by atoms with Gasteiger partial charge in [0, 0.05) is 77.9 Å². The lowest BCUT2D eigenvalue weighted by Gasteiger charge is -2.35. The maximum absolute atomic E-state index is 12.4. The molecule has 1 aromatic carbocycles. The van der Waals surface area contributed by atoms with Crippen LogP contribution in [0.2, 0.25) is 0 Å². The number of piperazine rings is 1. The Balaban J connectivity index is 0.00000506. The maximum atomic E-state index is 12.4. The van der Waals surface area contributed by atoms with Crippen molar-refractivity contribution < 1.29 is 11.0 Å². The molecule has 1 saturated heterocycles. The molecule has 226 valence electrons. The molecule has 1 aliphatic rings. The number of pyridine rings is 1. The summed E-state index contributed by atoms with van der Waals surface area (Å²) in [6.07, 6.45) is 4.88. The van der Waals surface area contributed by atoms with Crippen molar-refractivity contribution in [1.29, 1.82) is 0 Å². The van der Waals surface area contributed by atoms with Gasteiger partial charge in [0.1, 0.15) is 5.65 Å². The number of carbonyl (C=O) groups excluding carboxylic acids is 2. The molecule has 42 heavy (non-hydrogen) atoms. The minimum Gasteiger partial charge on any atom is -0.348 e. The van der Waals surface area contributed by atoms with Gasteiger partial charge in [-0.15, -0.1) is 0 Å². The maximum Gasteiger partial charge on any atom is 0.252 e. The molecule has 3 aromatic rings. The second-order valence-electron chi connectivity index (χ2n) is 11.2. The average Bonchev–Trinajstić information content (AvgIpc) is 2.98. The zero-order valence-electron chi connectivity index (χ0n) is 25.3. The molecule has 1 fully saturated rings. The molecule has 1 aliphatic heterocycles. The van der Waals surface area contributed by atoms with Crippen LogP contribution in [0.1, 0.15) is 58.8 Å². The molecule has 0 unspecified atom stereocenters. The molecule has 1 atom stereocenters. The fourth-order valence-electron chi connectivity index (χ4n) is 5.34. The number of hydrogen-bond acceptors (Lipinski definition) is 7. The molecule has 10 heteroatoms. The second-order valence-corrected chi connectivity index (χ2v) is 11.2. The Morgan fingerprint density at radius 3 is 2.43 bits per heavy atom. The smallest absolute Gasteiger partial charge is 0.252 e. The third-order valence-electron chi connectivity index (χ3n) is 7.89. The highest BCUT2D eigenvalue weighted by Gasteiger charge is 2.20. The molecule has 2 amide bonds. The lowest BCUT2D eigenvalue weighted by atomic mass is 10.0. The molecule has 0 bridgehead atoms. The van der Waals surface area contributed by atoms with Crippen LogP contribution in [-0.4, -0.2) is 86.9 Å². The Morgan fingerprint density at radius 2 is 1.79 bits per heavy atom. The predicted octanol–water partition coefficient (Wildman–Crippen LogP) is 3.90. The standard InChI is InChI=1S/C32H43N7O3.H2/c1-6-29(41)38-20-17-36(18-21-38)16-19-37(25(5)40)15-7-8-26-9-11-27(12-10-26)24(4)34-32-33-22-28-13-14-30(42)39(23(2)3)31(28)35-32;/h6,9-14,22-24H,1,7-8,15-21H2,2-5H3,(H,33,34,35);1H/t24-;/m0./s1. The van der Waals surface area contributed by atoms with Crippen LogP contribution in [0, 0.1) is 0 Å². The van der Waals surface area contributed by atoms with Crippen LogP contribution in [0.15, 0.2) is 60.0 Å². The van der Waals surface area contributed by atoms with Crippen LogP contribution < -0.4 is 10.9 Å². The monoisotopic (exact) mass is 575 g/mol. The van der Waals surface area contributed by atoms with Gasteiger partial charge >= 0.3 is 0 Å². The summed E-state index contributed by atoms with van der Waals surface area (Å²) in [5.41, 5.74) is 2.88. The van der Waals surface area contributed by atoms with Gasteiger partial charge < -0.3 is 15.1 Å². The molecular formula is C32H45N7O3. The van der Waals surface area contributed by atoms with Crippen molar-refractivity contribution in [2.45, 2.75) is 52.6 Å². The zero-order chi connectivity index (χ0) is 30.2. The highest BCUT2D eigenvalue weighted by molar-refractivity contribution is 5.87. The first-order chi connectivity index (χ1) is 20.2. The molecule has 0 radical (unpaired) electrons. The van der Waals surface area contributed by atoms with Crippen LogP contribution in [0.5, 0.6) is 0 Å². The highest BCUT2D eigenvalue weighted by atomic mass is 16.2. The van der Waals surface area contributed by atoms with Gasteiger partial charge in [0.05, 0.1) is 6.04 Å². The van der Waals surface area contributed by atoms with E-state index in [1.54, 1.807) is 29.8 Å². The van der Waals surface area contributed by atoms with Gasteiger partial charge in [0.2, 0.25) is 17.8 Å². The number of aryl methyl sites for hydroxylation is 1. The van der Waals surface area contributed by atoms with Crippen molar-refractivity contribution in [3.05, 3.63) is 76.7 Å². The van der Waals surface area contributed by atoms with Crippen molar-refractivity contribution >= 4 is 28.8 Å². The fourth-order valence-corrected chi connectivity index (χ4v) is 5.34. The number of anilines is 1. The Morgan fingerprint density at radius 1 is 1.07 bits per heavy atom. The van der Waals surface area contributed by atoms with Gasteiger partial charge in [-0.3, -0.25) is 23.9 Å². The molecule has 3 heterocycles. The van der Waals surface area contributed by atoms with Crippen molar-refractivity contribution in [2.75, 3.05) is 51.1 Å². The van der Waals surface area contributed by atoms with Crippen LogP contribution in [-0.2, 0) is 16.0 Å². The summed E-state index contributed by atoms with van der Waals surface area (Å²) in [5, 5.41) is 4.20. The van der Waals surface area contributed by atoms with E-state index >= 15 is 0 Å². The van der Waals surface area contributed by atoms with Gasteiger partial charge in [-0.2, -0.15) is 4.98 Å². The summed E-state index contributed by atoms with van der Waals surface area (Å²) < 4.78 is 1.68. The van der Waals surface area contributed by atoms with E-state index in [1.807, 2.05) is 23.6 Å². The number of hydrogen-bond donors (Lipinski definition) is 1. The zero-order valence-corrected chi connectivity index (χ0v) is 25.3. The SMILES string of the molecule is C=CC(=O)N1CCN(CCN(CCCc2ccc([C@H](C)Nc3ncc4ccc(=O)n(C(C)C)c4n3)cc2)C(C)=O)CC1.[HH]. The molecule has 0 aliphatic carbocycles. The number of nitrogens with one attached hydrogen (secondary N) is 1. The summed E-state index contributed by atoms with van der Waals surface area (Å²) in [4.78, 5) is 51.6. The normalized spacial score (nSPS) is 14.6. The summed E-state index contributed by atoms with van der Waals surface area (Å²) in [7, 11) is 0. The molecule has 2 aromatic heterocycles. The topological polar surface area (TPSA) is 104 Å². The molecule has 4 rings (SSSR count). The van der Waals surface area contributed by atoms with Gasteiger partial charge in [-0.1, -0.05) is 30.8 Å². The lowest BCUT2D eigenvalue weighted by Crippen LogP contribution is -2.50. The van der Waals surface area contributed by atoms with Gasteiger partial charge in [-0.05, 0) is 56.9 Å². The second kappa shape index (κ2) is 14.2. The van der Waals surface area contributed by atoms with Crippen molar-refractivity contribution in [3.63, 3.8) is 0 Å². The molecular weight excluding hydrogens is 530 g/mol. The van der Waals surface area contributed by atoms with Crippen molar-refractivity contribution in [3.8, 4) is 0 Å². The van der Waals surface area contributed by atoms with Crippen LogP contribution in [0.3, 0.4) is 0 Å². The Bertz CT molecular complexity index is 1450. The van der Waals surface area contributed by atoms with Crippen molar-refractivity contribution in [2.24, 2.45) is 0 Å². The van der Waals surface area contributed by atoms with Crippen LogP contribution in [0.4, 0.5) is 5.95 Å². The molecule has 0 saturated carbocycles. The summed E-state index contributed by atoms with van der Waals surface area (Å²) in [6.45, 7) is 16.4. The lowest BCUT2D eigenvalue weighted by molar-refractivity contribution is -0.129. The Hall–Kier alpha value is -4.05. The first-order valence-electron chi connectivity index (χ1n) is 14.8.